The highest BCUT2D eigenvalue weighted by Gasteiger charge is 2.57. The lowest BCUT2D eigenvalue weighted by Crippen LogP contribution is -2.60. The summed E-state index contributed by atoms with van der Waals surface area (Å²) in [7, 11) is 8.63. The van der Waals surface area contributed by atoms with Crippen LogP contribution in [0.3, 0.4) is 0 Å². The van der Waals surface area contributed by atoms with E-state index in [0.717, 1.165) is 42.3 Å². The second kappa shape index (κ2) is 49.6. The molecule has 0 radical (unpaired) electrons. The van der Waals surface area contributed by atoms with E-state index in [-0.39, 0.29) is 30.3 Å². The fraction of sp³-hybridized carbons (Fsp3) is 0.379. The Balaban J connectivity index is 0.000000150. The molecule has 135 heavy (non-hydrogen) atoms. The molecule has 3 unspecified atom stereocenters. The van der Waals surface area contributed by atoms with Gasteiger partial charge in [0.05, 0.1) is 105 Å². The Morgan fingerprint density at radius 1 is 0.452 bits per heavy atom. The number of benzene rings is 7. The van der Waals surface area contributed by atoms with Crippen molar-refractivity contribution in [2.45, 2.75) is 158 Å². The average molecular weight is 2090 g/mol. The summed E-state index contributed by atoms with van der Waals surface area (Å²) >= 11 is 54.2. The van der Waals surface area contributed by atoms with Crippen LogP contribution in [0.2, 0.25) is 40.2 Å². The van der Waals surface area contributed by atoms with E-state index in [2.05, 4.69) is 52.1 Å². The molecule has 3 aromatic heterocycles. The minimum atomic E-state index is -1.28. The number of hydrogen-bond acceptors (Lipinski definition) is 33. The van der Waals surface area contributed by atoms with E-state index in [1.807, 2.05) is 109 Å². The quantitative estimate of drug-likeness (QED) is 0.0115. The molecule has 48 heteroatoms. The number of carbonyl (C=O) groups is 4. The molecule has 0 saturated carbocycles. The summed E-state index contributed by atoms with van der Waals surface area (Å²) in [5, 5.41) is 70.4. The van der Waals surface area contributed by atoms with Gasteiger partial charge in [0.1, 0.15) is 113 Å². The Morgan fingerprint density at radius 2 is 0.778 bits per heavy atom. The second-order valence-corrected chi connectivity index (χ2v) is 37.5. The molecule has 17 rings (SSSR count). The van der Waals surface area contributed by atoms with Gasteiger partial charge < -0.3 is 96.2 Å². The van der Waals surface area contributed by atoms with Crippen LogP contribution >= 0.6 is 140 Å². The Morgan fingerprint density at radius 3 is 1.10 bits per heavy atom. The normalized spacial score (nSPS) is 27.7. The van der Waals surface area contributed by atoms with Crippen molar-refractivity contribution in [1.82, 2.24) is 45.0 Å². The van der Waals surface area contributed by atoms with Gasteiger partial charge in [0.2, 0.25) is 0 Å². The number of carboxylic acid groups (broad SMARTS) is 2. The van der Waals surface area contributed by atoms with E-state index in [1.54, 1.807) is 74.7 Å². The van der Waals surface area contributed by atoms with E-state index < -0.39 is 169 Å². The molecule has 7 fully saturated rings. The van der Waals surface area contributed by atoms with Gasteiger partial charge in [-0.15, -0.1) is 21.7 Å². The molecule has 10 aromatic rings. The summed E-state index contributed by atoms with van der Waals surface area (Å²) in [5.41, 5.74) is 9.40. The van der Waals surface area contributed by atoms with Crippen LogP contribution in [-0.2, 0) is 80.6 Å². The Hall–Kier alpha value is -8.21. The molecular weight excluding hydrogens is 2010 g/mol. The van der Waals surface area contributed by atoms with Crippen LogP contribution in [0, 0.1) is 12.3 Å². The summed E-state index contributed by atoms with van der Waals surface area (Å²) in [6.07, 6.45) is -1.58. The van der Waals surface area contributed by atoms with Crippen LogP contribution in [0.25, 0.3) is 10.4 Å². The maximum atomic E-state index is 12.5. The summed E-state index contributed by atoms with van der Waals surface area (Å²) in [6.45, 7) is 0.310. The number of nitrogens with zero attached hydrogens (tertiary/aromatic N) is 12. The highest BCUT2D eigenvalue weighted by atomic mass is 35.5. The van der Waals surface area contributed by atoms with Gasteiger partial charge in [-0.1, -0.05) is 252 Å². The largest absolute Gasteiger partial charge is 0.476 e. The van der Waals surface area contributed by atoms with Crippen molar-refractivity contribution in [2.75, 3.05) is 69.1 Å². The highest BCUT2D eigenvalue weighted by molar-refractivity contribution is 8.00. The number of terminal acetylenes is 1. The van der Waals surface area contributed by atoms with Gasteiger partial charge in [-0.05, 0) is 78.3 Å². The smallest absolute Gasteiger partial charge is 0.383 e. The summed E-state index contributed by atoms with van der Waals surface area (Å²) in [4.78, 5) is 51.9. The van der Waals surface area contributed by atoms with Crippen molar-refractivity contribution in [3.8, 4) is 12.3 Å². The first kappa shape index (κ1) is 104. The molecule has 0 aliphatic carbocycles. The lowest BCUT2D eigenvalue weighted by atomic mass is 9.95. The molecule has 4 N–H and O–H groups in total. The molecule has 10 heterocycles. The maximum absolute atomic E-state index is 12.5. The zero-order valence-electron chi connectivity index (χ0n) is 71.5. The van der Waals surface area contributed by atoms with Crippen molar-refractivity contribution in [1.29, 1.82) is 0 Å². The first-order valence-electron chi connectivity index (χ1n) is 40.5. The first-order chi connectivity index (χ1) is 65.2. The summed E-state index contributed by atoms with van der Waals surface area (Å²) in [5.74, 6) is -1.86. The number of thioether (sulfide) groups is 4. The highest BCUT2D eigenvalue weighted by Crippen LogP contribution is 2.50. The molecule has 0 spiro atoms. The SMILES string of the molecule is C#CC(=O)OC.COC(=O)c1cnnn1[C@@H]1[C@@H](OC)[C@@H](Sc2ccc(Cl)c(Cl)c2)O[C@@H]2COC(c3ccccc3)O[C@H]12.CO[C@@H]1[C@@H](N=[N+]=[N-])[C@H]2OC(c3ccccc3)OC[C@H]2O[C@@H]1Sc1ccc(Cl)c(Cl)c1.CO[C@@H]1[C@@H](n2nncc2C(=O)O)[C@@H](O)[C@@H](CO)O[C@@H]1Sc1ccc(Cl)c(Cl)c1.CO[C@@H]1[C@@H](n2nncc2C(=O)O)[C@H]2OC(c3ccccc3)OC[C@H]2O[C@@H]1Sc1ccc(Cl)c(Cl)c1. The van der Waals surface area contributed by atoms with Crippen molar-refractivity contribution in [3.05, 3.63) is 267 Å². The van der Waals surface area contributed by atoms with Gasteiger partial charge in [0.15, 0.2) is 36.0 Å². The number of aliphatic hydroxyl groups excluding tert-OH is 2. The number of rotatable bonds is 23. The van der Waals surface area contributed by atoms with Gasteiger partial charge in [-0.2, -0.15) is 0 Å². The number of azide groups is 1. The molecule has 23 atom stereocenters. The van der Waals surface area contributed by atoms with Crippen LogP contribution in [0.4, 0.5) is 0 Å². The Labute approximate surface area is 828 Å². The number of aliphatic hydroxyl groups is 2. The number of halogens is 8. The molecule has 716 valence electrons. The van der Waals surface area contributed by atoms with Crippen molar-refractivity contribution in [3.63, 3.8) is 0 Å². The lowest BCUT2D eigenvalue weighted by molar-refractivity contribution is -0.308. The summed E-state index contributed by atoms with van der Waals surface area (Å²) < 4.78 is 97.7. The van der Waals surface area contributed by atoms with E-state index in [1.165, 1.54) is 97.2 Å². The standard InChI is InChI=1S/C24H23Cl2N3O6S.C23H21Cl2N3O6S.C20H19Cl2N3O4S.C16H17Cl2N3O6S.C4H4O2/c1-31-21-19(29-17(11-27-28-29)22(30)32-2)20-18(12-33-23(35-20)13-6-4-3-5-7-13)34-24(21)36-14-8-9-15(25)16(26)10-14;1-31-20-18(28-16(21(29)30)10-26-27-28)19-17(11-32-22(34-19)12-5-3-2-4-6-12)33-23(20)35-13-7-8-14(24)15(25)9-13;1-26-18-16(24-25-23)17-15(10-27-19(29-17)11-5-3-2-4-6-11)28-20(18)30-12-7-8-13(21)14(22)9-12;1-26-14-12(21-10(15(24)25)5-19-20-21)13(23)11(6-22)27-16(14)28-7-2-3-8(17)9(18)4-7;1-3-4(5)6-2/h3-11,18-21,23-24H,12H2,1-2H3;2-10,17-20,22-23H,11H2,1H3,(H,29,30);2-9,15-20H,10H2,1H3;2-5,11-14,16,22-23H,6H2,1H3,(H,24,25);1H,2H3/t18-,19+,20+,21-,23?,24-;17-,18+,19+,20-,22?,23-;15-,16+,17+,18-,19?,20-;11-,12+,13+,14-,16-;/m1111./s1. The summed E-state index contributed by atoms with van der Waals surface area (Å²) in [6, 6.07) is 46.9. The molecule has 7 aliphatic rings. The molecule has 7 aliphatic heterocycles. The van der Waals surface area contributed by atoms with E-state index in [9.17, 15) is 45.1 Å². The molecule has 0 amide bonds. The third-order valence-electron chi connectivity index (χ3n) is 21.5. The lowest BCUT2D eigenvalue weighted by Gasteiger charge is -2.49. The van der Waals surface area contributed by atoms with Crippen molar-refractivity contribution < 1.29 is 115 Å². The van der Waals surface area contributed by atoms with Gasteiger partial charge in [-0.3, -0.25) is 0 Å². The molecular formula is C87H84Cl8N12O24S4. The first-order valence-corrected chi connectivity index (χ1v) is 47.1. The molecule has 7 aromatic carbocycles. The maximum Gasteiger partial charge on any atom is 0.383 e. The number of aromatic carboxylic acids is 2. The molecule has 0 bridgehead atoms. The van der Waals surface area contributed by atoms with E-state index in [4.69, 9.17) is 164 Å². The minimum absolute atomic E-state index is 0.0812. The van der Waals surface area contributed by atoms with Crippen LogP contribution in [0.1, 0.15) is 85.2 Å². The van der Waals surface area contributed by atoms with Gasteiger partial charge in [-0.25, -0.2) is 33.2 Å². The predicted octanol–water partition coefficient (Wildman–Crippen LogP) is 16.2. The molecule has 7 saturated heterocycles. The van der Waals surface area contributed by atoms with Gasteiger partial charge in [0.25, 0.3) is 0 Å². The Bertz CT molecular complexity index is 5760. The fourth-order valence-electron chi connectivity index (χ4n) is 15.3. The fourth-order valence-corrected chi connectivity index (χ4v) is 21.5. The number of ether oxygens (including phenoxy) is 16. The van der Waals surface area contributed by atoms with Gasteiger partial charge >= 0.3 is 23.9 Å². The topological polar surface area (TPSA) is 438 Å². The number of fused-ring (bicyclic) bond motifs is 3. The number of methoxy groups -OCH3 is 6. The number of aromatic nitrogens is 9. The van der Waals surface area contributed by atoms with E-state index in [0.29, 0.717) is 51.7 Å². The molecule has 36 nitrogen and oxygen atoms in total. The van der Waals surface area contributed by atoms with Crippen molar-refractivity contribution in [2.24, 2.45) is 5.11 Å². The zero-order chi connectivity index (χ0) is 96.3. The number of hydrogen-bond donors (Lipinski definition) is 4. The van der Waals surface area contributed by atoms with Gasteiger partial charge in [0, 0.05) is 75.5 Å². The average Bonchev–Trinajstić information content (AvgIpc) is 1.74. The van der Waals surface area contributed by atoms with Crippen LogP contribution in [0.5, 0.6) is 0 Å². The van der Waals surface area contributed by atoms with Crippen LogP contribution in [0.15, 0.2) is 207 Å². The monoisotopic (exact) mass is 2090 g/mol. The number of carbonyl (C=O) groups excluding carboxylic acids is 2. The number of esters is 2. The predicted molar refractivity (Wildman–Crippen MR) is 496 cm³/mol. The zero-order valence-corrected chi connectivity index (χ0v) is 80.8. The second-order valence-electron chi connectivity index (χ2n) is 29.5. The minimum Gasteiger partial charge on any atom is -0.476 e. The van der Waals surface area contributed by atoms with E-state index >= 15 is 0 Å². The number of carboxylic acids is 2. The van der Waals surface area contributed by atoms with Crippen molar-refractivity contribution >= 4 is 164 Å². The third-order valence-corrected chi connectivity index (χ3v) is 29.0. The third kappa shape index (κ3) is 25.3. The van der Waals surface area contributed by atoms with Crippen LogP contribution in [-0.4, -0.2) is 259 Å². The van der Waals surface area contributed by atoms with Crippen LogP contribution < -0.4 is 0 Å². The Kier molecular flexibility index (Phi) is 38.2.